The van der Waals surface area contributed by atoms with E-state index in [9.17, 15) is 4.79 Å². The monoisotopic (exact) mass is 297 g/mol. The molecule has 0 unspecified atom stereocenters. The molecule has 7 heteroatoms. The fraction of sp³-hybridized carbons (Fsp3) is 0.167. The van der Waals surface area contributed by atoms with E-state index in [0.29, 0.717) is 11.5 Å². The number of benzene rings is 1. The van der Waals surface area contributed by atoms with E-state index in [-0.39, 0.29) is 5.69 Å². The third kappa shape index (κ3) is 3.99. The van der Waals surface area contributed by atoms with Crippen molar-refractivity contribution in [3.63, 3.8) is 0 Å². The zero-order chi connectivity index (χ0) is 13.7. The number of hydrogen-bond acceptors (Lipinski definition) is 5. The van der Waals surface area contributed by atoms with Crippen LogP contribution < -0.4 is 11.3 Å². The molecular formula is C12H12ClN3O2S. The van der Waals surface area contributed by atoms with Crippen LogP contribution in [0.2, 0.25) is 5.02 Å². The summed E-state index contributed by atoms with van der Waals surface area (Å²) in [6.07, 6.45) is 0. The van der Waals surface area contributed by atoms with Crippen LogP contribution in [0.3, 0.4) is 0 Å². The fourth-order valence-corrected chi connectivity index (χ4v) is 2.41. The Labute approximate surface area is 119 Å². The van der Waals surface area contributed by atoms with Crippen LogP contribution in [0.1, 0.15) is 21.8 Å². The molecule has 100 valence electrons. The maximum Gasteiger partial charge on any atom is 0.287 e. The predicted octanol–water partition coefficient (Wildman–Crippen LogP) is 2.36. The van der Waals surface area contributed by atoms with Gasteiger partial charge in [0.25, 0.3) is 5.91 Å². The Morgan fingerprint density at radius 3 is 2.79 bits per heavy atom. The molecule has 0 fully saturated rings. The van der Waals surface area contributed by atoms with Crippen LogP contribution in [0.5, 0.6) is 0 Å². The average Bonchev–Trinajstić information content (AvgIpc) is 2.89. The molecule has 0 aliphatic heterocycles. The lowest BCUT2D eigenvalue weighted by atomic mass is 10.2. The van der Waals surface area contributed by atoms with Gasteiger partial charge in [0.15, 0.2) is 5.69 Å². The molecule has 0 atom stereocenters. The molecule has 3 N–H and O–H groups in total. The standard InChI is InChI=1S/C12H12ClN3O2S/c13-9-3-1-8(2-4-9)6-19-7-10-5-11(16-18-10)12(17)15-14/h1-5H,6-7,14H2,(H,15,17). The van der Waals surface area contributed by atoms with Crippen LogP contribution in [0.4, 0.5) is 0 Å². The Hall–Kier alpha value is -1.50. The van der Waals surface area contributed by atoms with Gasteiger partial charge in [-0.3, -0.25) is 10.2 Å². The van der Waals surface area contributed by atoms with Crippen LogP contribution >= 0.6 is 23.4 Å². The molecule has 1 amide bonds. The summed E-state index contributed by atoms with van der Waals surface area (Å²) in [7, 11) is 0. The minimum absolute atomic E-state index is 0.185. The molecule has 0 bridgehead atoms. The second-order valence-corrected chi connectivity index (χ2v) is 5.19. The number of rotatable bonds is 5. The highest BCUT2D eigenvalue weighted by Crippen LogP contribution is 2.19. The first-order chi connectivity index (χ1) is 9.19. The number of thioether (sulfide) groups is 1. The minimum Gasteiger partial charge on any atom is -0.360 e. The first kappa shape index (κ1) is 13.9. The summed E-state index contributed by atoms with van der Waals surface area (Å²) in [4.78, 5) is 11.2. The van der Waals surface area contributed by atoms with Gasteiger partial charge < -0.3 is 4.52 Å². The number of carbonyl (C=O) groups is 1. The second-order valence-electron chi connectivity index (χ2n) is 3.77. The quantitative estimate of drug-likeness (QED) is 0.503. The molecule has 1 aromatic heterocycles. The molecule has 1 aromatic carbocycles. The van der Waals surface area contributed by atoms with Gasteiger partial charge in [0.1, 0.15) is 5.76 Å². The number of hydrogen-bond donors (Lipinski definition) is 2. The normalized spacial score (nSPS) is 10.4. The van der Waals surface area contributed by atoms with E-state index in [2.05, 4.69) is 5.16 Å². The van der Waals surface area contributed by atoms with Gasteiger partial charge in [0.2, 0.25) is 0 Å². The fourth-order valence-electron chi connectivity index (χ4n) is 1.41. The molecule has 0 aliphatic rings. The Morgan fingerprint density at radius 2 is 2.11 bits per heavy atom. The van der Waals surface area contributed by atoms with E-state index in [4.69, 9.17) is 22.0 Å². The molecule has 0 aliphatic carbocycles. The third-order valence-electron chi connectivity index (χ3n) is 2.35. The van der Waals surface area contributed by atoms with E-state index in [0.717, 1.165) is 10.8 Å². The first-order valence-electron chi connectivity index (χ1n) is 5.48. The lowest BCUT2D eigenvalue weighted by Gasteiger charge is -1.99. The topological polar surface area (TPSA) is 81.1 Å². The highest BCUT2D eigenvalue weighted by molar-refractivity contribution is 7.97. The molecule has 0 saturated heterocycles. The van der Waals surface area contributed by atoms with Gasteiger partial charge in [-0.05, 0) is 17.7 Å². The molecule has 0 saturated carbocycles. The zero-order valence-corrected chi connectivity index (χ0v) is 11.5. The molecule has 19 heavy (non-hydrogen) atoms. The molecule has 0 spiro atoms. The van der Waals surface area contributed by atoms with Crippen molar-refractivity contribution < 1.29 is 9.32 Å². The van der Waals surface area contributed by atoms with Gasteiger partial charge in [-0.2, -0.15) is 0 Å². The summed E-state index contributed by atoms with van der Waals surface area (Å²) in [5, 5.41) is 4.35. The van der Waals surface area contributed by atoms with Crippen molar-refractivity contribution in [1.29, 1.82) is 0 Å². The van der Waals surface area contributed by atoms with Crippen molar-refractivity contribution in [3.8, 4) is 0 Å². The molecular weight excluding hydrogens is 286 g/mol. The van der Waals surface area contributed by atoms with Gasteiger partial charge in [-0.1, -0.05) is 28.9 Å². The van der Waals surface area contributed by atoms with Crippen LogP contribution in [0.25, 0.3) is 0 Å². The highest BCUT2D eigenvalue weighted by Gasteiger charge is 2.10. The Morgan fingerprint density at radius 1 is 1.37 bits per heavy atom. The summed E-state index contributed by atoms with van der Waals surface area (Å²) >= 11 is 7.47. The number of nitrogen functional groups attached to an aromatic ring is 1. The van der Waals surface area contributed by atoms with E-state index < -0.39 is 5.91 Å². The lowest BCUT2D eigenvalue weighted by Crippen LogP contribution is -2.30. The van der Waals surface area contributed by atoms with Gasteiger partial charge in [-0.25, -0.2) is 5.84 Å². The number of nitrogens with one attached hydrogen (secondary N) is 1. The van der Waals surface area contributed by atoms with Crippen molar-refractivity contribution >= 4 is 29.3 Å². The summed E-state index contributed by atoms with van der Waals surface area (Å²) in [5.74, 6) is 6.64. The first-order valence-corrected chi connectivity index (χ1v) is 7.01. The Balaban J connectivity index is 1.84. The molecule has 0 radical (unpaired) electrons. The smallest absolute Gasteiger partial charge is 0.287 e. The molecule has 5 nitrogen and oxygen atoms in total. The summed E-state index contributed by atoms with van der Waals surface area (Å²) in [5.41, 5.74) is 3.36. The van der Waals surface area contributed by atoms with E-state index in [1.54, 1.807) is 17.8 Å². The van der Waals surface area contributed by atoms with Crippen LogP contribution in [-0.4, -0.2) is 11.1 Å². The van der Waals surface area contributed by atoms with E-state index in [1.165, 1.54) is 5.56 Å². The van der Waals surface area contributed by atoms with E-state index >= 15 is 0 Å². The summed E-state index contributed by atoms with van der Waals surface area (Å²) in [6, 6.07) is 9.24. The second kappa shape index (κ2) is 6.60. The highest BCUT2D eigenvalue weighted by atomic mass is 35.5. The number of hydrazine groups is 1. The number of amides is 1. The van der Waals surface area contributed by atoms with Gasteiger partial charge in [0, 0.05) is 16.8 Å². The molecule has 2 rings (SSSR count). The number of nitrogens with zero attached hydrogens (tertiary/aromatic N) is 1. The lowest BCUT2D eigenvalue weighted by molar-refractivity contribution is 0.0944. The largest absolute Gasteiger partial charge is 0.360 e. The Bertz CT molecular complexity index is 556. The minimum atomic E-state index is -0.460. The SMILES string of the molecule is NNC(=O)c1cc(CSCc2ccc(Cl)cc2)on1. The van der Waals surface area contributed by atoms with Gasteiger partial charge in [-0.15, -0.1) is 11.8 Å². The van der Waals surface area contributed by atoms with Crippen molar-refractivity contribution in [1.82, 2.24) is 10.6 Å². The Kier molecular flexibility index (Phi) is 4.84. The number of nitrogens with two attached hydrogens (primary N) is 1. The van der Waals surface area contributed by atoms with Gasteiger partial charge in [0.05, 0.1) is 5.75 Å². The van der Waals surface area contributed by atoms with Crippen LogP contribution in [0, 0.1) is 0 Å². The van der Waals surface area contributed by atoms with Crippen molar-refractivity contribution in [2.45, 2.75) is 11.5 Å². The number of aromatic nitrogens is 1. The molecule has 2 aromatic rings. The maximum absolute atomic E-state index is 11.2. The predicted molar refractivity (Wildman–Crippen MR) is 74.6 cm³/mol. The van der Waals surface area contributed by atoms with Crippen molar-refractivity contribution in [2.75, 3.05) is 0 Å². The average molecular weight is 298 g/mol. The third-order valence-corrected chi connectivity index (χ3v) is 3.63. The van der Waals surface area contributed by atoms with Crippen molar-refractivity contribution in [3.05, 3.63) is 52.4 Å². The maximum atomic E-state index is 11.2. The van der Waals surface area contributed by atoms with Gasteiger partial charge >= 0.3 is 0 Å². The molecule has 1 heterocycles. The summed E-state index contributed by atoms with van der Waals surface area (Å²) in [6.45, 7) is 0. The van der Waals surface area contributed by atoms with Crippen LogP contribution in [-0.2, 0) is 11.5 Å². The number of halogens is 1. The van der Waals surface area contributed by atoms with E-state index in [1.807, 2.05) is 29.7 Å². The van der Waals surface area contributed by atoms with Crippen LogP contribution in [0.15, 0.2) is 34.9 Å². The number of carbonyl (C=O) groups excluding carboxylic acids is 1. The van der Waals surface area contributed by atoms with Crippen molar-refractivity contribution in [2.24, 2.45) is 5.84 Å². The summed E-state index contributed by atoms with van der Waals surface area (Å²) < 4.78 is 5.04. The zero-order valence-electron chi connectivity index (χ0n) is 9.93.